The zero-order valence-electron chi connectivity index (χ0n) is 16.6. The first-order valence-corrected chi connectivity index (χ1v) is 9.75. The third kappa shape index (κ3) is 3.92. The van der Waals surface area contributed by atoms with Gasteiger partial charge in [-0.15, -0.1) is 0 Å². The second kappa shape index (κ2) is 7.91. The van der Waals surface area contributed by atoms with Gasteiger partial charge in [-0.05, 0) is 19.1 Å². The number of aromatic nitrogens is 2. The Morgan fingerprint density at radius 1 is 1.07 bits per heavy atom. The molecule has 0 spiro atoms. The summed E-state index contributed by atoms with van der Waals surface area (Å²) in [5, 5.41) is 0. The molecule has 1 aliphatic rings. The van der Waals surface area contributed by atoms with Crippen LogP contribution in [0.3, 0.4) is 0 Å². The number of aromatic amines is 1. The molecule has 1 aliphatic heterocycles. The third-order valence-electron chi connectivity index (χ3n) is 5.17. The van der Waals surface area contributed by atoms with Gasteiger partial charge < -0.3 is 14.6 Å². The minimum atomic E-state index is -0.237. The Balaban J connectivity index is 1.67. The lowest BCUT2D eigenvalue weighted by atomic mass is 10.1. The number of fused-ring (bicyclic) bond motifs is 2. The Morgan fingerprint density at radius 2 is 1.66 bits per heavy atom. The molecular formula is C23H23N3O3. The maximum atomic E-state index is 13.2. The van der Waals surface area contributed by atoms with Crippen LogP contribution in [0, 0.1) is 6.92 Å². The van der Waals surface area contributed by atoms with Gasteiger partial charge in [0, 0.05) is 41.9 Å². The number of hydrogen-bond acceptors (Lipinski definition) is 4. The maximum Gasteiger partial charge on any atom is 0.254 e. The van der Waals surface area contributed by atoms with Crippen LogP contribution < -0.4 is 10.3 Å². The van der Waals surface area contributed by atoms with E-state index in [1.807, 2.05) is 55.5 Å². The lowest BCUT2D eigenvalue weighted by Gasteiger charge is -2.28. The Hall–Kier alpha value is -3.41. The van der Waals surface area contributed by atoms with Gasteiger partial charge >= 0.3 is 0 Å². The molecule has 29 heavy (non-hydrogen) atoms. The summed E-state index contributed by atoms with van der Waals surface area (Å²) in [5.41, 5.74) is 2.65. The minimum absolute atomic E-state index is 0.0172. The highest BCUT2D eigenvalue weighted by Crippen LogP contribution is 2.32. The van der Waals surface area contributed by atoms with Gasteiger partial charge in [-0.1, -0.05) is 43.3 Å². The van der Waals surface area contributed by atoms with E-state index >= 15 is 0 Å². The van der Waals surface area contributed by atoms with Crippen molar-refractivity contribution >= 4 is 5.91 Å². The summed E-state index contributed by atoms with van der Waals surface area (Å²) >= 11 is 0. The summed E-state index contributed by atoms with van der Waals surface area (Å²) in [5.74, 6) is 1.99. The number of hydrogen-bond donors (Lipinski definition) is 1. The summed E-state index contributed by atoms with van der Waals surface area (Å²) in [7, 11) is 0. The Morgan fingerprint density at radius 3 is 2.21 bits per heavy atom. The van der Waals surface area contributed by atoms with Crippen LogP contribution in [0.4, 0.5) is 0 Å². The smallest absolute Gasteiger partial charge is 0.254 e. The zero-order chi connectivity index (χ0) is 20.4. The number of nitrogens with zero attached hydrogens (tertiary/aromatic N) is 2. The number of aryl methyl sites for hydroxylation is 2. The molecule has 1 N–H and O–H groups in total. The molecule has 3 aromatic rings. The number of carbonyl (C=O) groups is 1. The standard InChI is InChI=1S/C23H23N3O3/c1-3-21-24-15(2)18(23(28)25-21)12-22(27)26-13-16-8-4-6-10-19(16)29-20-11-7-5-9-17(20)14-26/h4-11H,3,12-14H2,1-2H3,(H,24,25,28). The molecule has 0 saturated carbocycles. The Bertz CT molecular complexity index is 1070. The average Bonchev–Trinajstić information content (AvgIpc) is 2.70. The number of nitrogens with one attached hydrogen (secondary N) is 1. The van der Waals surface area contributed by atoms with Crippen LogP contribution in [-0.4, -0.2) is 20.8 Å². The molecular weight excluding hydrogens is 366 g/mol. The second-order valence-electron chi connectivity index (χ2n) is 7.17. The number of rotatable bonds is 3. The van der Waals surface area contributed by atoms with Crippen molar-refractivity contribution in [1.29, 1.82) is 0 Å². The largest absolute Gasteiger partial charge is 0.457 e. The van der Waals surface area contributed by atoms with Crippen LogP contribution >= 0.6 is 0 Å². The van der Waals surface area contributed by atoms with Gasteiger partial charge in [-0.25, -0.2) is 4.98 Å². The van der Waals surface area contributed by atoms with E-state index in [9.17, 15) is 9.59 Å². The fourth-order valence-corrected chi connectivity index (χ4v) is 3.54. The second-order valence-corrected chi connectivity index (χ2v) is 7.17. The molecule has 6 heteroatoms. The highest BCUT2D eigenvalue weighted by Gasteiger charge is 2.23. The fraction of sp³-hybridized carbons (Fsp3) is 0.261. The quantitative estimate of drug-likeness (QED) is 0.744. The van der Waals surface area contributed by atoms with E-state index in [0.717, 1.165) is 22.6 Å². The van der Waals surface area contributed by atoms with Crippen molar-refractivity contribution in [3.8, 4) is 11.5 Å². The molecule has 0 saturated heterocycles. The molecule has 0 bridgehead atoms. The highest BCUT2D eigenvalue weighted by atomic mass is 16.5. The van der Waals surface area contributed by atoms with E-state index in [1.54, 1.807) is 11.8 Å². The average molecular weight is 389 g/mol. The number of ether oxygens (including phenoxy) is 1. The molecule has 1 amide bonds. The predicted molar refractivity (Wildman–Crippen MR) is 110 cm³/mol. The minimum Gasteiger partial charge on any atom is -0.457 e. The first-order valence-electron chi connectivity index (χ1n) is 9.75. The number of amides is 1. The van der Waals surface area contributed by atoms with Crippen molar-refractivity contribution in [2.75, 3.05) is 0 Å². The van der Waals surface area contributed by atoms with E-state index in [0.29, 0.717) is 36.6 Å². The summed E-state index contributed by atoms with van der Waals surface area (Å²) in [6.45, 7) is 4.55. The molecule has 2 heterocycles. The predicted octanol–water partition coefficient (Wildman–Crippen LogP) is 3.52. The highest BCUT2D eigenvalue weighted by molar-refractivity contribution is 5.79. The zero-order valence-corrected chi connectivity index (χ0v) is 16.6. The number of benzene rings is 2. The van der Waals surface area contributed by atoms with Gasteiger partial charge in [0.15, 0.2) is 0 Å². The number of carbonyl (C=O) groups excluding carboxylic acids is 1. The van der Waals surface area contributed by atoms with Crippen LogP contribution in [0.5, 0.6) is 11.5 Å². The lowest BCUT2D eigenvalue weighted by Crippen LogP contribution is -2.34. The van der Waals surface area contributed by atoms with Crippen molar-refractivity contribution in [1.82, 2.24) is 14.9 Å². The first kappa shape index (κ1) is 18.9. The normalized spacial score (nSPS) is 13.0. The molecule has 0 unspecified atom stereocenters. The van der Waals surface area contributed by atoms with Gasteiger partial charge in [0.25, 0.3) is 5.56 Å². The van der Waals surface area contributed by atoms with Gasteiger partial charge in [-0.2, -0.15) is 0 Å². The molecule has 6 nitrogen and oxygen atoms in total. The third-order valence-corrected chi connectivity index (χ3v) is 5.17. The van der Waals surface area contributed by atoms with Crippen molar-refractivity contribution < 1.29 is 9.53 Å². The number of H-pyrrole nitrogens is 1. The van der Waals surface area contributed by atoms with Crippen molar-refractivity contribution in [3.05, 3.63) is 87.1 Å². The Labute approximate surface area is 169 Å². The van der Waals surface area contributed by atoms with Crippen LogP contribution in [0.15, 0.2) is 53.3 Å². The summed E-state index contributed by atoms with van der Waals surface area (Å²) in [6.07, 6.45) is 0.660. The van der Waals surface area contributed by atoms with Crippen LogP contribution in [0.1, 0.15) is 35.1 Å². The van der Waals surface area contributed by atoms with E-state index in [4.69, 9.17) is 4.74 Å². The van der Waals surface area contributed by atoms with Crippen molar-refractivity contribution in [2.24, 2.45) is 0 Å². The first-order chi connectivity index (χ1) is 14.0. The van der Waals surface area contributed by atoms with Gasteiger partial charge in [-0.3, -0.25) is 9.59 Å². The van der Waals surface area contributed by atoms with Gasteiger partial charge in [0.05, 0.1) is 6.42 Å². The molecule has 4 rings (SSSR count). The molecule has 2 aromatic carbocycles. The monoisotopic (exact) mass is 389 g/mol. The van der Waals surface area contributed by atoms with E-state index < -0.39 is 0 Å². The van der Waals surface area contributed by atoms with Crippen molar-refractivity contribution in [2.45, 2.75) is 39.8 Å². The lowest BCUT2D eigenvalue weighted by molar-refractivity contribution is -0.131. The van der Waals surface area contributed by atoms with Gasteiger partial charge in [0.2, 0.25) is 5.91 Å². The summed E-state index contributed by atoms with van der Waals surface area (Å²) < 4.78 is 6.09. The molecule has 0 radical (unpaired) electrons. The molecule has 148 valence electrons. The van der Waals surface area contributed by atoms with Crippen LogP contribution in [-0.2, 0) is 30.7 Å². The summed E-state index contributed by atoms with van der Waals surface area (Å²) in [6, 6.07) is 15.4. The van der Waals surface area contributed by atoms with E-state index in [1.165, 1.54) is 0 Å². The topological polar surface area (TPSA) is 75.3 Å². The van der Waals surface area contributed by atoms with Crippen LogP contribution in [0.25, 0.3) is 0 Å². The van der Waals surface area contributed by atoms with Crippen molar-refractivity contribution in [3.63, 3.8) is 0 Å². The SMILES string of the molecule is CCc1nc(C)c(CC(=O)N2Cc3ccccc3Oc3ccccc3C2)c(=O)[nH]1. The molecule has 0 atom stereocenters. The van der Waals surface area contributed by atoms with E-state index in [-0.39, 0.29) is 17.9 Å². The molecule has 0 aliphatic carbocycles. The van der Waals surface area contributed by atoms with Crippen LogP contribution in [0.2, 0.25) is 0 Å². The number of para-hydroxylation sites is 2. The van der Waals surface area contributed by atoms with Gasteiger partial charge in [0.1, 0.15) is 17.3 Å². The molecule has 1 aromatic heterocycles. The Kier molecular flexibility index (Phi) is 5.16. The molecule has 0 fully saturated rings. The fourth-order valence-electron chi connectivity index (χ4n) is 3.54. The summed E-state index contributed by atoms with van der Waals surface area (Å²) in [4.78, 5) is 34.6. The van der Waals surface area contributed by atoms with E-state index in [2.05, 4.69) is 9.97 Å². The maximum absolute atomic E-state index is 13.2.